The Balaban J connectivity index is 1.88. The molecule has 10 heteroatoms. The van der Waals surface area contributed by atoms with Crippen molar-refractivity contribution in [3.63, 3.8) is 0 Å². The van der Waals surface area contributed by atoms with E-state index in [9.17, 15) is 26.7 Å². The number of nitrogens with zero attached hydrogens (tertiary/aromatic N) is 2. The maximum Gasteiger partial charge on any atom is 0.389 e. The van der Waals surface area contributed by atoms with Gasteiger partial charge in [0.15, 0.2) is 0 Å². The monoisotopic (exact) mass is 507 g/mol. The molecule has 0 aliphatic carbocycles. The number of anilines is 1. The highest BCUT2D eigenvalue weighted by Gasteiger charge is 2.29. The lowest BCUT2D eigenvalue weighted by Gasteiger charge is -2.21. The number of hydrogen-bond donors (Lipinski definition) is 1. The molecule has 192 valence electrons. The van der Waals surface area contributed by atoms with Crippen LogP contribution in [0.1, 0.15) is 61.0 Å². The quantitative estimate of drug-likeness (QED) is 0.293. The third-order valence-corrected chi connectivity index (χ3v) is 5.71. The van der Waals surface area contributed by atoms with Gasteiger partial charge in [-0.05, 0) is 42.5 Å². The van der Waals surface area contributed by atoms with Crippen LogP contribution in [-0.2, 0) is 0 Å². The zero-order valence-corrected chi connectivity index (χ0v) is 19.8. The van der Waals surface area contributed by atoms with Gasteiger partial charge in [0.2, 0.25) is 0 Å². The van der Waals surface area contributed by atoms with Gasteiger partial charge in [-0.1, -0.05) is 25.8 Å². The maximum absolute atomic E-state index is 14.5. The number of ether oxygens (including phenoxy) is 1. The number of alkyl halides is 3. The molecule has 0 bridgehead atoms. The van der Waals surface area contributed by atoms with Gasteiger partial charge in [0.25, 0.3) is 5.91 Å². The van der Waals surface area contributed by atoms with E-state index in [1.807, 2.05) is 6.92 Å². The van der Waals surface area contributed by atoms with Crippen LogP contribution in [0, 0.1) is 11.6 Å². The van der Waals surface area contributed by atoms with E-state index in [0.29, 0.717) is 12.0 Å². The summed E-state index contributed by atoms with van der Waals surface area (Å²) in [5, 5.41) is 2.65. The fourth-order valence-electron chi connectivity index (χ4n) is 3.91. The molecule has 0 saturated heterocycles. The molecule has 3 aromatic rings. The Morgan fingerprint density at radius 2 is 1.83 bits per heavy atom. The summed E-state index contributed by atoms with van der Waals surface area (Å²) in [6.45, 7) is 1.95. The molecule has 0 radical (unpaired) electrons. The molecule has 5 nitrogen and oxygen atoms in total. The minimum absolute atomic E-state index is 0.00472. The fraction of sp³-hybridized carbons (Fsp3) is 0.346. The average molecular weight is 508 g/mol. The van der Waals surface area contributed by atoms with Crippen molar-refractivity contribution in [1.82, 2.24) is 9.97 Å². The summed E-state index contributed by atoms with van der Waals surface area (Å²) in [4.78, 5) is 21.1. The molecule has 0 aliphatic heterocycles. The fourth-order valence-corrected chi connectivity index (χ4v) is 3.91. The van der Waals surface area contributed by atoms with E-state index in [4.69, 9.17) is 4.74 Å². The molecule has 0 saturated carbocycles. The summed E-state index contributed by atoms with van der Waals surface area (Å²) >= 11 is 0. The first-order valence-electron chi connectivity index (χ1n) is 11.5. The number of carbonyl (C=O) groups excluding carboxylic acids is 1. The molecule has 1 atom stereocenters. The molecule has 36 heavy (non-hydrogen) atoms. The molecule has 2 aromatic heterocycles. The van der Waals surface area contributed by atoms with E-state index >= 15 is 0 Å². The molecule has 0 unspecified atom stereocenters. The minimum Gasteiger partial charge on any atom is -0.497 e. The molecule has 1 N–H and O–H groups in total. The second-order valence-corrected chi connectivity index (χ2v) is 8.28. The van der Waals surface area contributed by atoms with Crippen molar-refractivity contribution in [3.8, 4) is 17.0 Å². The zero-order chi connectivity index (χ0) is 26.3. The van der Waals surface area contributed by atoms with Crippen molar-refractivity contribution in [3.05, 3.63) is 71.7 Å². The van der Waals surface area contributed by atoms with Crippen molar-refractivity contribution in [2.75, 3.05) is 12.4 Å². The number of amides is 1. The van der Waals surface area contributed by atoms with Crippen LogP contribution < -0.4 is 10.1 Å². The first kappa shape index (κ1) is 27.0. The predicted octanol–water partition coefficient (Wildman–Crippen LogP) is 7.30. The summed E-state index contributed by atoms with van der Waals surface area (Å²) in [7, 11) is 1.28. The summed E-state index contributed by atoms with van der Waals surface area (Å²) in [5.74, 6) is -2.95. The number of methoxy groups -OCH3 is 1. The van der Waals surface area contributed by atoms with Crippen LogP contribution >= 0.6 is 0 Å². The van der Waals surface area contributed by atoms with Crippen molar-refractivity contribution in [2.45, 2.75) is 51.1 Å². The van der Waals surface area contributed by atoms with Gasteiger partial charge < -0.3 is 10.1 Å². The van der Waals surface area contributed by atoms with Gasteiger partial charge in [0, 0.05) is 24.8 Å². The maximum atomic E-state index is 14.5. The second kappa shape index (κ2) is 11.9. The third kappa shape index (κ3) is 6.99. The Morgan fingerprint density at radius 3 is 2.47 bits per heavy atom. The topological polar surface area (TPSA) is 64.1 Å². The van der Waals surface area contributed by atoms with Crippen molar-refractivity contribution in [1.29, 1.82) is 0 Å². The molecule has 0 fully saturated rings. The number of nitrogens with one attached hydrogen (secondary N) is 1. The highest BCUT2D eigenvalue weighted by atomic mass is 19.4. The number of unbranched alkanes of at least 4 members (excludes halogenated alkanes) is 1. The van der Waals surface area contributed by atoms with Gasteiger partial charge in [0.1, 0.15) is 23.1 Å². The Kier molecular flexibility index (Phi) is 8.95. The molecule has 0 spiro atoms. The van der Waals surface area contributed by atoms with Gasteiger partial charge in [0.05, 0.1) is 30.3 Å². The lowest BCUT2D eigenvalue weighted by Crippen LogP contribution is -2.17. The van der Waals surface area contributed by atoms with E-state index in [1.165, 1.54) is 37.7 Å². The Bertz CT molecular complexity index is 1180. The summed E-state index contributed by atoms with van der Waals surface area (Å²) in [6.07, 6.45) is -0.482. The number of rotatable bonds is 10. The number of pyridine rings is 2. The summed E-state index contributed by atoms with van der Waals surface area (Å²) in [6, 6.07) is 7.76. The lowest BCUT2D eigenvalue weighted by atomic mass is 9.89. The van der Waals surface area contributed by atoms with E-state index < -0.39 is 41.6 Å². The molecule has 1 amide bonds. The highest BCUT2D eigenvalue weighted by Crippen LogP contribution is 2.36. The van der Waals surface area contributed by atoms with E-state index in [-0.39, 0.29) is 29.2 Å². The zero-order valence-electron chi connectivity index (χ0n) is 19.8. The Hall–Kier alpha value is -3.56. The van der Waals surface area contributed by atoms with Crippen molar-refractivity contribution in [2.24, 2.45) is 0 Å². The van der Waals surface area contributed by atoms with E-state index in [0.717, 1.165) is 25.0 Å². The number of aromatic nitrogens is 2. The smallest absolute Gasteiger partial charge is 0.389 e. The first-order valence-corrected chi connectivity index (χ1v) is 11.5. The van der Waals surface area contributed by atoms with Crippen molar-refractivity contribution >= 4 is 11.6 Å². The largest absolute Gasteiger partial charge is 0.497 e. The van der Waals surface area contributed by atoms with E-state index in [2.05, 4.69) is 15.3 Å². The van der Waals surface area contributed by atoms with Gasteiger partial charge in [-0.25, -0.2) is 13.8 Å². The number of hydrogen-bond acceptors (Lipinski definition) is 4. The van der Waals surface area contributed by atoms with Crippen LogP contribution in [-0.4, -0.2) is 29.2 Å². The van der Waals surface area contributed by atoms with Crippen molar-refractivity contribution < 1.29 is 31.5 Å². The summed E-state index contributed by atoms with van der Waals surface area (Å²) in [5.41, 5.74) is 0.161. The first-order chi connectivity index (χ1) is 17.1. The Morgan fingerprint density at radius 1 is 1.11 bits per heavy atom. The standard InChI is InChI=1S/C26H26F5N3O2/c1-3-4-6-16(9-11-26(29,30)31)18-10-12-32-15-23(18)34-25(35)22-8-5-7-21(33-22)24-19(27)13-17(36-2)14-20(24)28/h5,7-8,10,12-16H,3-4,6,9,11H2,1-2H3,(H,34,35)/t16-/m0/s1. The third-order valence-electron chi connectivity index (χ3n) is 5.71. The molecule has 2 heterocycles. The number of carbonyl (C=O) groups is 1. The summed E-state index contributed by atoms with van der Waals surface area (Å²) < 4.78 is 72.6. The van der Waals surface area contributed by atoms with Crippen LogP contribution in [0.2, 0.25) is 0 Å². The SMILES string of the molecule is CCCC[C@@H](CCC(F)(F)F)c1ccncc1NC(=O)c1cccc(-c2c(F)cc(OC)cc2F)n1. The van der Waals surface area contributed by atoms with Gasteiger partial charge in [-0.2, -0.15) is 13.2 Å². The van der Waals surface area contributed by atoms with Gasteiger partial charge in [-0.3, -0.25) is 9.78 Å². The second-order valence-electron chi connectivity index (χ2n) is 8.28. The molecular formula is C26H26F5N3O2. The molecule has 1 aromatic carbocycles. The van der Waals surface area contributed by atoms with Gasteiger partial charge in [-0.15, -0.1) is 0 Å². The minimum atomic E-state index is -4.29. The Labute approximate surface area is 205 Å². The predicted molar refractivity (Wildman–Crippen MR) is 126 cm³/mol. The molecule has 3 rings (SSSR count). The number of halogens is 5. The van der Waals surface area contributed by atoms with Crippen LogP contribution in [0.3, 0.4) is 0 Å². The van der Waals surface area contributed by atoms with Crippen LogP contribution in [0.25, 0.3) is 11.3 Å². The highest BCUT2D eigenvalue weighted by molar-refractivity contribution is 6.03. The normalized spacial score (nSPS) is 12.3. The van der Waals surface area contributed by atoms with Crippen LogP contribution in [0.5, 0.6) is 5.75 Å². The van der Waals surface area contributed by atoms with Crippen LogP contribution in [0.15, 0.2) is 48.8 Å². The van der Waals surface area contributed by atoms with Crippen LogP contribution in [0.4, 0.5) is 27.6 Å². The number of benzene rings is 1. The average Bonchev–Trinajstić information content (AvgIpc) is 2.84. The van der Waals surface area contributed by atoms with Gasteiger partial charge >= 0.3 is 6.18 Å². The molecular weight excluding hydrogens is 481 g/mol. The van der Waals surface area contributed by atoms with E-state index in [1.54, 1.807) is 6.07 Å². The molecule has 0 aliphatic rings. The lowest BCUT2D eigenvalue weighted by molar-refractivity contribution is -0.136.